The van der Waals surface area contributed by atoms with E-state index in [-0.39, 0.29) is 17.9 Å². The normalized spacial score (nSPS) is 11.7. The van der Waals surface area contributed by atoms with E-state index in [1.54, 1.807) is 18.2 Å². The molecule has 1 amide bonds. The third-order valence-electron chi connectivity index (χ3n) is 3.21. The number of hydrogen-bond acceptors (Lipinski definition) is 4. The van der Waals surface area contributed by atoms with Gasteiger partial charge >= 0.3 is 5.97 Å². The quantitative estimate of drug-likeness (QED) is 0.761. The highest BCUT2D eigenvalue weighted by atomic mass is 79.9. The molecule has 0 aliphatic carbocycles. The van der Waals surface area contributed by atoms with Gasteiger partial charge in [-0.1, -0.05) is 28.1 Å². The van der Waals surface area contributed by atoms with Crippen molar-refractivity contribution in [1.82, 2.24) is 0 Å². The van der Waals surface area contributed by atoms with Gasteiger partial charge in [-0.3, -0.25) is 4.79 Å². The average molecular weight is 396 g/mol. The van der Waals surface area contributed by atoms with Crippen LogP contribution in [0.5, 0.6) is 0 Å². The molecule has 0 aliphatic heterocycles. The Bertz CT molecular complexity index is 749. The predicted octanol–water partition coefficient (Wildman–Crippen LogP) is 3.26. The van der Waals surface area contributed by atoms with E-state index in [4.69, 9.17) is 9.84 Å². The Morgan fingerprint density at radius 3 is 2.50 bits per heavy atom. The number of amides is 1. The van der Waals surface area contributed by atoms with Crippen LogP contribution in [0.15, 0.2) is 46.9 Å². The maximum atomic E-state index is 13.7. The maximum Gasteiger partial charge on any atom is 0.338 e. The molecular weight excluding hydrogens is 381 g/mol. The molecule has 24 heavy (non-hydrogen) atoms. The molecule has 0 aromatic heterocycles. The van der Waals surface area contributed by atoms with E-state index in [1.807, 2.05) is 0 Å². The molecule has 0 saturated heterocycles. The lowest BCUT2D eigenvalue weighted by molar-refractivity contribution is -0.123. The number of benzene rings is 2. The Morgan fingerprint density at radius 1 is 1.25 bits per heavy atom. The molecule has 7 heteroatoms. The fourth-order valence-corrected chi connectivity index (χ4v) is 2.19. The molecule has 2 rings (SSSR count). The van der Waals surface area contributed by atoms with Gasteiger partial charge in [0.2, 0.25) is 0 Å². The van der Waals surface area contributed by atoms with E-state index in [0.717, 1.165) is 0 Å². The molecular formula is C17H15BrFNO4. The minimum atomic E-state index is -1.10. The standard InChI is InChI=1S/C17H15BrFNO4/c1-10(16(22)20-15-7-6-13(18)8-14(15)19)24-17(23)12-4-2-11(9-21)3-5-12/h2-8,10,21H,9H2,1H3,(H,20,22)/t10-/m0/s1. The summed E-state index contributed by atoms with van der Waals surface area (Å²) in [6.07, 6.45) is -1.10. The molecule has 2 aromatic carbocycles. The van der Waals surface area contributed by atoms with Crippen LogP contribution in [0.3, 0.4) is 0 Å². The van der Waals surface area contributed by atoms with Crippen molar-refractivity contribution in [3.8, 4) is 0 Å². The Hall–Kier alpha value is -2.25. The number of ether oxygens (including phenoxy) is 1. The van der Waals surface area contributed by atoms with E-state index >= 15 is 0 Å². The van der Waals surface area contributed by atoms with Crippen LogP contribution in [0.2, 0.25) is 0 Å². The highest BCUT2D eigenvalue weighted by Crippen LogP contribution is 2.19. The Kier molecular flexibility index (Phi) is 6.05. The van der Waals surface area contributed by atoms with Crippen molar-refractivity contribution in [3.63, 3.8) is 0 Å². The van der Waals surface area contributed by atoms with Crippen LogP contribution in [0.4, 0.5) is 10.1 Å². The van der Waals surface area contributed by atoms with Crippen molar-refractivity contribution in [2.75, 3.05) is 5.32 Å². The number of hydrogen-bond donors (Lipinski definition) is 2. The third-order valence-corrected chi connectivity index (χ3v) is 3.71. The van der Waals surface area contributed by atoms with E-state index < -0.39 is 23.8 Å². The average Bonchev–Trinajstić information content (AvgIpc) is 2.57. The first-order chi connectivity index (χ1) is 11.4. The van der Waals surface area contributed by atoms with E-state index in [9.17, 15) is 14.0 Å². The number of anilines is 1. The molecule has 1 atom stereocenters. The minimum absolute atomic E-state index is 0.00148. The Labute approximate surface area is 146 Å². The van der Waals surface area contributed by atoms with Crippen molar-refractivity contribution in [2.45, 2.75) is 19.6 Å². The summed E-state index contributed by atoms with van der Waals surface area (Å²) in [5, 5.41) is 11.3. The van der Waals surface area contributed by atoms with Gasteiger partial charge in [0.15, 0.2) is 6.10 Å². The SMILES string of the molecule is C[C@H](OC(=O)c1ccc(CO)cc1)C(=O)Nc1ccc(Br)cc1F. The van der Waals surface area contributed by atoms with Gasteiger partial charge in [0.1, 0.15) is 5.82 Å². The lowest BCUT2D eigenvalue weighted by Gasteiger charge is -2.14. The first kappa shape index (κ1) is 18.1. The molecule has 0 bridgehead atoms. The van der Waals surface area contributed by atoms with Crippen molar-refractivity contribution in [1.29, 1.82) is 0 Å². The summed E-state index contributed by atoms with van der Waals surface area (Å²) in [5.41, 5.74) is 0.906. The summed E-state index contributed by atoms with van der Waals surface area (Å²) in [7, 11) is 0. The molecule has 0 heterocycles. The monoisotopic (exact) mass is 395 g/mol. The zero-order valence-corrected chi connectivity index (χ0v) is 14.3. The number of aliphatic hydroxyl groups is 1. The summed E-state index contributed by atoms with van der Waals surface area (Å²) in [4.78, 5) is 24.0. The summed E-state index contributed by atoms with van der Waals surface area (Å²) in [6, 6.07) is 10.4. The fourth-order valence-electron chi connectivity index (χ4n) is 1.85. The number of aliphatic hydroxyl groups excluding tert-OH is 1. The fraction of sp³-hybridized carbons (Fsp3) is 0.176. The van der Waals surface area contributed by atoms with Crippen LogP contribution < -0.4 is 5.32 Å². The molecule has 126 valence electrons. The zero-order valence-electron chi connectivity index (χ0n) is 12.8. The number of rotatable bonds is 5. The Balaban J connectivity index is 1.98. The molecule has 5 nitrogen and oxygen atoms in total. The molecule has 0 aliphatic rings. The van der Waals surface area contributed by atoms with Crippen LogP contribution in [-0.4, -0.2) is 23.1 Å². The van der Waals surface area contributed by atoms with Crippen LogP contribution in [-0.2, 0) is 16.1 Å². The number of carbonyl (C=O) groups excluding carboxylic acids is 2. The molecule has 0 spiro atoms. The first-order valence-corrected chi connectivity index (χ1v) is 7.86. The second-order valence-corrected chi connectivity index (χ2v) is 5.93. The molecule has 0 fully saturated rings. The molecule has 2 N–H and O–H groups in total. The van der Waals surface area contributed by atoms with Gasteiger partial charge in [-0.05, 0) is 42.8 Å². The summed E-state index contributed by atoms with van der Waals surface area (Å²) in [6.45, 7) is 1.26. The van der Waals surface area contributed by atoms with Gasteiger partial charge in [0.05, 0.1) is 17.9 Å². The first-order valence-electron chi connectivity index (χ1n) is 7.07. The van der Waals surface area contributed by atoms with Crippen LogP contribution >= 0.6 is 15.9 Å². The number of halogens is 2. The van der Waals surface area contributed by atoms with Crippen molar-refractivity contribution >= 4 is 33.5 Å². The minimum Gasteiger partial charge on any atom is -0.449 e. The number of nitrogens with one attached hydrogen (secondary N) is 1. The van der Waals surface area contributed by atoms with E-state index in [0.29, 0.717) is 10.0 Å². The predicted molar refractivity (Wildman–Crippen MR) is 90.0 cm³/mol. The van der Waals surface area contributed by atoms with Crippen LogP contribution in [0, 0.1) is 5.82 Å². The maximum absolute atomic E-state index is 13.7. The van der Waals surface area contributed by atoms with Gasteiger partial charge < -0.3 is 15.2 Å². The van der Waals surface area contributed by atoms with E-state index in [1.165, 1.54) is 31.2 Å². The molecule has 0 radical (unpaired) electrons. The summed E-state index contributed by atoms with van der Waals surface area (Å²) >= 11 is 3.12. The molecule has 0 unspecified atom stereocenters. The topological polar surface area (TPSA) is 75.6 Å². The highest BCUT2D eigenvalue weighted by molar-refractivity contribution is 9.10. The zero-order chi connectivity index (χ0) is 17.7. The number of carbonyl (C=O) groups is 2. The van der Waals surface area contributed by atoms with Crippen molar-refractivity contribution < 1.29 is 23.8 Å². The van der Waals surface area contributed by atoms with Gasteiger partial charge in [-0.2, -0.15) is 0 Å². The van der Waals surface area contributed by atoms with Crippen molar-refractivity contribution in [3.05, 3.63) is 63.9 Å². The van der Waals surface area contributed by atoms with Gasteiger partial charge in [0.25, 0.3) is 5.91 Å². The largest absolute Gasteiger partial charge is 0.449 e. The lowest BCUT2D eigenvalue weighted by Crippen LogP contribution is -2.30. The molecule has 0 saturated carbocycles. The van der Waals surface area contributed by atoms with E-state index in [2.05, 4.69) is 21.2 Å². The third kappa shape index (κ3) is 4.62. The van der Waals surface area contributed by atoms with Crippen LogP contribution in [0.1, 0.15) is 22.8 Å². The second kappa shape index (κ2) is 8.03. The van der Waals surface area contributed by atoms with Crippen molar-refractivity contribution in [2.24, 2.45) is 0 Å². The van der Waals surface area contributed by atoms with Gasteiger partial charge in [-0.25, -0.2) is 9.18 Å². The summed E-state index contributed by atoms with van der Waals surface area (Å²) < 4.78 is 19.3. The second-order valence-electron chi connectivity index (χ2n) is 5.02. The lowest BCUT2D eigenvalue weighted by atomic mass is 10.1. The smallest absolute Gasteiger partial charge is 0.338 e. The van der Waals surface area contributed by atoms with Gasteiger partial charge in [0, 0.05) is 4.47 Å². The Morgan fingerprint density at radius 2 is 1.92 bits per heavy atom. The van der Waals surface area contributed by atoms with Crippen LogP contribution in [0.25, 0.3) is 0 Å². The molecule has 2 aromatic rings. The van der Waals surface area contributed by atoms with Gasteiger partial charge in [-0.15, -0.1) is 0 Å². The highest BCUT2D eigenvalue weighted by Gasteiger charge is 2.20. The summed E-state index contributed by atoms with van der Waals surface area (Å²) in [5.74, 6) is -1.93. The number of esters is 1.